The maximum Gasteiger partial charge on any atom is 0.282 e. The molecular formula is C22H25F4N5O3S3. The van der Waals surface area contributed by atoms with E-state index in [4.69, 9.17) is 12.2 Å². The van der Waals surface area contributed by atoms with Crippen LogP contribution in [0.4, 0.5) is 22.6 Å². The summed E-state index contributed by atoms with van der Waals surface area (Å²) in [5.74, 6) is -1.37. The van der Waals surface area contributed by atoms with Crippen LogP contribution in [0.2, 0.25) is 0 Å². The maximum atomic E-state index is 13.4. The fourth-order valence-electron chi connectivity index (χ4n) is 4.68. The molecule has 3 atom stereocenters. The molecule has 0 radical (unpaired) electrons. The van der Waals surface area contributed by atoms with Crippen molar-refractivity contribution in [3.8, 4) is 0 Å². The Bertz CT molecular complexity index is 1340. The molecule has 2 fully saturated rings. The van der Waals surface area contributed by atoms with Crippen molar-refractivity contribution in [1.82, 2.24) is 19.8 Å². The Morgan fingerprint density at radius 2 is 1.95 bits per heavy atom. The van der Waals surface area contributed by atoms with Crippen LogP contribution >= 0.6 is 23.6 Å². The Labute approximate surface area is 220 Å². The lowest BCUT2D eigenvalue weighted by atomic mass is 9.92. The van der Waals surface area contributed by atoms with Crippen LogP contribution in [-0.4, -0.2) is 53.5 Å². The van der Waals surface area contributed by atoms with Crippen LogP contribution in [0, 0.1) is 5.92 Å². The van der Waals surface area contributed by atoms with E-state index in [9.17, 15) is 30.8 Å². The fraction of sp³-hybridized carbons (Fsp3) is 0.591. The second-order valence-corrected chi connectivity index (χ2v) is 12.9. The highest BCUT2D eigenvalue weighted by Gasteiger charge is 2.45. The van der Waals surface area contributed by atoms with Gasteiger partial charge in [0.15, 0.2) is 0 Å². The number of nitrogens with zero attached hydrogens (tertiary/aromatic N) is 2. The normalized spacial score (nSPS) is 26.9. The highest BCUT2D eigenvalue weighted by Crippen LogP contribution is 2.43. The summed E-state index contributed by atoms with van der Waals surface area (Å²) in [4.78, 5) is 13.3. The zero-order valence-electron chi connectivity index (χ0n) is 19.6. The van der Waals surface area contributed by atoms with Crippen molar-refractivity contribution < 1.29 is 30.8 Å². The number of rotatable bonds is 8. The van der Waals surface area contributed by atoms with Crippen molar-refractivity contribution in [3.63, 3.8) is 0 Å². The van der Waals surface area contributed by atoms with Gasteiger partial charge < -0.3 is 10.6 Å². The van der Waals surface area contributed by atoms with E-state index in [0.717, 1.165) is 16.2 Å². The van der Waals surface area contributed by atoms with Crippen LogP contribution in [0.25, 0.3) is 0 Å². The molecule has 15 heteroatoms. The molecule has 2 aromatic rings. The summed E-state index contributed by atoms with van der Waals surface area (Å²) < 4.78 is 83.5. The molecule has 0 saturated heterocycles. The number of amides is 1. The minimum Gasteiger partial charge on any atom is -0.371 e. The Hall–Kier alpha value is -2.10. The van der Waals surface area contributed by atoms with Gasteiger partial charge in [0.05, 0.1) is 11.6 Å². The molecular weight excluding hydrogens is 554 g/mol. The van der Waals surface area contributed by atoms with Gasteiger partial charge in [-0.3, -0.25) is 9.48 Å². The monoisotopic (exact) mass is 579 g/mol. The van der Waals surface area contributed by atoms with E-state index in [0.29, 0.717) is 24.1 Å². The summed E-state index contributed by atoms with van der Waals surface area (Å²) in [6.45, 7) is 0. The Kier molecular flexibility index (Phi) is 7.09. The number of thiocarbonyl (C=S) groups is 1. The minimum atomic E-state index is -4.13. The Balaban J connectivity index is 1.39. The van der Waals surface area contributed by atoms with Gasteiger partial charge in [-0.2, -0.15) is 5.10 Å². The smallest absolute Gasteiger partial charge is 0.282 e. The highest BCUT2D eigenvalue weighted by atomic mass is 32.2. The summed E-state index contributed by atoms with van der Waals surface area (Å²) in [5.41, 5.74) is 0.407. The largest absolute Gasteiger partial charge is 0.371 e. The van der Waals surface area contributed by atoms with E-state index in [-0.39, 0.29) is 46.6 Å². The SMILES string of the molecule is Cn1nc(C(F)F)cc1C(=S)N[C@H]1CCc2sc(NC(=O)[C@H]3C[C@@H]3F)c(S(=O)(=O)N[C@H]3C[C@@H](F)C3)c2C1. The number of halogens is 4. The van der Waals surface area contributed by atoms with Gasteiger partial charge in [0.1, 0.15) is 32.9 Å². The van der Waals surface area contributed by atoms with Gasteiger partial charge in [-0.1, -0.05) is 12.2 Å². The van der Waals surface area contributed by atoms with Crippen molar-refractivity contribution in [2.45, 2.75) is 74.3 Å². The molecule has 0 spiro atoms. The van der Waals surface area contributed by atoms with Gasteiger partial charge in [0.2, 0.25) is 15.9 Å². The fourth-order valence-corrected chi connectivity index (χ4v) is 8.27. The van der Waals surface area contributed by atoms with Crippen LogP contribution < -0.4 is 15.4 Å². The zero-order valence-corrected chi connectivity index (χ0v) is 22.1. The summed E-state index contributed by atoms with van der Waals surface area (Å²) in [5, 5.41) is 9.62. The lowest BCUT2D eigenvalue weighted by Crippen LogP contribution is -2.45. The number of aromatic nitrogens is 2. The summed E-state index contributed by atoms with van der Waals surface area (Å²) >= 11 is 6.56. The standard InChI is InChI=1S/C22H25F4N5O3S3/c1-31-16(8-15(29-31)19(25)26)21(35)27-10-2-3-17-13(6-10)18(37(33,34)30-11-4-9(23)5-11)22(36-17)28-20(32)12-7-14(12)24/h8-12,14,19,30H,2-7H2,1H3,(H,27,35)(H,28,32)/t9-,10-,11+,12-,14-/m0/s1. The molecule has 5 rings (SSSR count). The Morgan fingerprint density at radius 1 is 1.24 bits per heavy atom. The molecule has 3 aliphatic carbocycles. The zero-order chi connectivity index (χ0) is 26.6. The van der Waals surface area contributed by atoms with Crippen LogP contribution in [-0.2, 0) is 34.7 Å². The molecule has 2 heterocycles. The van der Waals surface area contributed by atoms with E-state index in [1.54, 1.807) is 0 Å². The number of thiophene rings is 1. The first-order chi connectivity index (χ1) is 17.4. The molecule has 0 aromatic carbocycles. The molecule has 202 valence electrons. The number of hydrogen-bond donors (Lipinski definition) is 3. The van der Waals surface area contributed by atoms with E-state index in [1.165, 1.54) is 17.8 Å². The lowest BCUT2D eigenvalue weighted by molar-refractivity contribution is -0.117. The van der Waals surface area contributed by atoms with Crippen molar-refractivity contribution in [1.29, 1.82) is 0 Å². The molecule has 2 saturated carbocycles. The maximum absolute atomic E-state index is 13.4. The molecule has 1 amide bonds. The first-order valence-corrected chi connectivity index (χ1v) is 14.5. The number of carbonyl (C=O) groups excluding carboxylic acids is 1. The second-order valence-electron chi connectivity index (χ2n) is 9.69. The van der Waals surface area contributed by atoms with E-state index < -0.39 is 52.4 Å². The number of sulfonamides is 1. The molecule has 3 N–H and O–H groups in total. The number of aryl methyl sites for hydroxylation is 2. The Morgan fingerprint density at radius 3 is 2.54 bits per heavy atom. The quantitative estimate of drug-likeness (QED) is 0.328. The van der Waals surface area contributed by atoms with Crippen molar-refractivity contribution in [2.24, 2.45) is 13.0 Å². The van der Waals surface area contributed by atoms with Gasteiger partial charge in [-0.25, -0.2) is 30.7 Å². The molecule has 0 unspecified atom stereocenters. The molecule has 37 heavy (non-hydrogen) atoms. The van der Waals surface area contributed by atoms with E-state index in [2.05, 4.69) is 20.5 Å². The molecule has 8 nitrogen and oxygen atoms in total. The predicted octanol–water partition coefficient (Wildman–Crippen LogP) is 3.32. The number of carbonyl (C=O) groups is 1. The number of nitrogens with one attached hydrogen (secondary N) is 3. The van der Waals surface area contributed by atoms with Crippen LogP contribution in [0.3, 0.4) is 0 Å². The summed E-state index contributed by atoms with van der Waals surface area (Å²) in [7, 11) is -2.62. The van der Waals surface area contributed by atoms with Gasteiger partial charge in [0, 0.05) is 24.0 Å². The number of fused-ring (bicyclic) bond motifs is 1. The number of anilines is 1. The van der Waals surface area contributed by atoms with Crippen molar-refractivity contribution in [3.05, 3.63) is 27.9 Å². The third-order valence-electron chi connectivity index (χ3n) is 6.86. The third kappa shape index (κ3) is 5.40. The number of hydrogen-bond acceptors (Lipinski definition) is 6. The van der Waals surface area contributed by atoms with Crippen LogP contribution in [0.5, 0.6) is 0 Å². The summed E-state index contributed by atoms with van der Waals surface area (Å²) in [6, 6.07) is 0.352. The van der Waals surface area contributed by atoms with Gasteiger partial charge in [0.25, 0.3) is 6.43 Å². The van der Waals surface area contributed by atoms with E-state index in [1.807, 2.05) is 0 Å². The molecule has 2 aromatic heterocycles. The van der Waals surface area contributed by atoms with Gasteiger partial charge >= 0.3 is 0 Å². The van der Waals surface area contributed by atoms with Crippen molar-refractivity contribution >= 4 is 49.5 Å². The predicted molar refractivity (Wildman–Crippen MR) is 133 cm³/mol. The molecule has 3 aliphatic rings. The third-order valence-corrected chi connectivity index (χ3v) is 10.2. The van der Waals surface area contributed by atoms with Crippen LogP contribution in [0.1, 0.15) is 53.9 Å². The first-order valence-electron chi connectivity index (χ1n) is 11.8. The topological polar surface area (TPSA) is 105 Å². The van der Waals surface area contributed by atoms with Gasteiger partial charge in [-0.05, 0) is 50.2 Å². The minimum absolute atomic E-state index is 0.0720. The molecule has 0 bridgehead atoms. The number of alkyl halides is 4. The first kappa shape index (κ1) is 26.5. The molecule has 0 aliphatic heterocycles. The lowest BCUT2D eigenvalue weighted by Gasteiger charge is -2.30. The second kappa shape index (κ2) is 9.89. The van der Waals surface area contributed by atoms with Gasteiger partial charge in [-0.15, -0.1) is 11.3 Å². The average molecular weight is 580 g/mol. The van der Waals surface area contributed by atoms with Crippen LogP contribution in [0.15, 0.2) is 11.0 Å². The average Bonchev–Trinajstić information content (AvgIpc) is 3.22. The van der Waals surface area contributed by atoms with E-state index >= 15 is 0 Å². The highest BCUT2D eigenvalue weighted by molar-refractivity contribution is 7.90. The summed E-state index contributed by atoms with van der Waals surface area (Å²) in [6.07, 6.45) is -3.50. The van der Waals surface area contributed by atoms with Crippen molar-refractivity contribution in [2.75, 3.05) is 5.32 Å².